The molecular formula is C21H30FIN4O3. The van der Waals surface area contributed by atoms with Gasteiger partial charge in [-0.25, -0.2) is 14.2 Å². The Hall–Kier alpha value is -2.04. The molecule has 0 unspecified atom stereocenters. The number of carbonyl (C=O) groups is 1. The summed E-state index contributed by atoms with van der Waals surface area (Å²) in [5.74, 6) is 1.15. The lowest BCUT2D eigenvalue weighted by Gasteiger charge is -2.32. The van der Waals surface area contributed by atoms with Gasteiger partial charge in [0.2, 0.25) is 0 Å². The Morgan fingerprint density at radius 3 is 2.73 bits per heavy atom. The van der Waals surface area contributed by atoms with Crippen LogP contribution in [0.4, 0.5) is 9.18 Å². The van der Waals surface area contributed by atoms with E-state index in [1.54, 1.807) is 11.0 Å². The number of benzene rings is 1. The number of furan rings is 1. The second kappa shape index (κ2) is 11.4. The zero-order valence-electron chi connectivity index (χ0n) is 17.7. The molecule has 0 atom stereocenters. The summed E-state index contributed by atoms with van der Waals surface area (Å²) < 4.78 is 24.4. The highest BCUT2D eigenvalue weighted by Gasteiger charge is 2.24. The third-order valence-electron chi connectivity index (χ3n) is 5.08. The number of halogens is 2. The molecule has 2 N–H and O–H groups in total. The fourth-order valence-corrected chi connectivity index (χ4v) is 3.48. The van der Waals surface area contributed by atoms with E-state index in [1.807, 2.05) is 20.8 Å². The van der Waals surface area contributed by atoms with E-state index < -0.39 is 0 Å². The van der Waals surface area contributed by atoms with Crippen molar-refractivity contribution in [2.24, 2.45) is 4.99 Å². The number of nitrogens with zero attached hydrogens (tertiary/aromatic N) is 2. The zero-order valence-corrected chi connectivity index (χ0v) is 20.0. The lowest BCUT2D eigenvalue weighted by Crippen LogP contribution is -2.49. The van der Waals surface area contributed by atoms with Crippen LogP contribution in [0.25, 0.3) is 11.0 Å². The summed E-state index contributed by atoms with van der Waals surface area (Å²) in [7, 11) is 0. The van der Waals surface area contributed by atoms with Crippen LogP contribution in [-0.2, 0) is 11.3 Å². The number of aryl methyl sites for hydroxylation is 1. The fraction of sp³-hybridized carbons (Fsp3) is 0.524. The number of nitrogens with one attached hydrogen (secondary N) is 2. The van der Waals surface area contributed by atoms with E-state index >= 15 is 0 Å². The first-order valence-electron chi connectivity index (χ1n) is 10.2. The molecule has 7 nitrogen and oxygen atoms in total. The Kier molecular flexibility index (Phi) is 9.19. The number of hydrogen-bond acceptors (Lipinski definition) is 4. The van der Waals surface area contributed by atoms with Gasteiger partial charge in [-0.05, 0) is 51.8 Å². The first kappa shape index (κ1) is 24.2. The van der Waals surface area contributed by atoms with E-state index in [2.05, 4.69) is 15.6 Å². The molecule has 0 saturated carbocycles. The molecule has 1 aromatic carbocycles. The van der Waals surface area contributed by atoms with Crippen LogP contribution in [0.1, 0.15) is 38.0 Å². The predicted molar refractivity (Wildman–Crippen MR) is 126 cm³/mol. The van der Waals surface area contributed by atoms with Crippen molar-refractivity contribution in [3.8, 4) is 0 Å². The normalized spacial score (nSPS) is 15.1. The van der Waals surface area contributed by atoms with E-state index in [9.17, 15) is 9.18 Å². The van der Waals surface area contributed by atoms with Gasteiger partial charge in [0.25, 0.3) is 0 Å². The zero-order chi connectivity index (χ0) is 20.8. The van der Waals surface area contributed by atoms with Crippen LogP contribution in [0.2, 0.25) is 0 Å². The number of amides is 1. The Labute approximate surface area is 193 Å². The average molecular weight is 532 g/mol. The maximum Gasteiger partial charge on any atom is 0.409 e. The van der Waals surface area contributed by atoms with Crippen molar-refractivity contribution in [1.29, 1.82) is 0 Å². The molecule has 3 rings (SSSR count). The van der Waals surface area contributed by atoms with Gasteiger partial charge in [0.15, 0.2) is 5.96 Å². The number of rotatable bonds is 5. The van der Waals surface area contributed by atoms with E-state index in [0.29, 0.717) is 37.8 Å². The number of piperidine rings is 1. The second-order valence-corrected chi connectivity index (χ2v) is 7.09. The van der Waals surface area contributed by atoms with Crippen molar-refractivity contribution in [1.82, 2.24) is 15.5 Å². The smallest absolute Gasteiger partial charge is 0.409 e. The average Bonchev–Trinajstić information content (AvgIpc) is 3.02. The third-order valence-corrected chi connectivity index (χ3v) is 5.08. The molecule has 1 aromatic heterocycles. The van der Waals surface area contributed by atoms with Gasteiger partial charge in [0, 0.05) is 36.6 Å². The maximum atomic E-state index is 13.5. The summed E-state index contributed by atoms with van der Waals surface area (Å²) in [5.41, 5.74) is 1.57. The van der Waals surface area contributed by atoms with Gasteiger partial charge >= 0.3 is 6.09 Å². The minimum Gasteiger partial charge on any atom is -0.459 e. The van der Waals surface area contributed by atoms with Crippen molar-refractivity contribution in [3.63, 3.8) is 0 Å². The topological polar surface area (TPSA) is 79.1 Å². The minimum absolute atomic E-state index is 0. The van der Waals surface area contributed by atoms with Crippen LogP contribution in [0.5, 0.6) is 0 Å². The van der Waals surface area contributed by atoms with Gasteiger partial charge in [0.1, 0.15) is 23.7 Å². The lowest BCUT2D eigenvalue weighted by atomic mass is 10.1. The molecule has 1 aliphatic rings. The van der Waals surface area contributed by atoms with Crippen molar-refractivity contribution in [2.75, 3.05) is 26.2 Å². The molecule has 30 heavy (non-hydrogen) atoms. The number of carbonyl (C=O) groups excluding carboxylic acids is 1. The summed E-state index contributed by atoms with van der Waals surface area (Å²) in [5, 5.41) is 7.47. The third kappa shape index (κ3) is 5.99. The fourth-order valence-electron chi connectivity index (χ4n) is 3.48. The van der Waals surface area contributed by atoms with Crippen LogP contribution < -0.4 is 10.6 Å². The second-order valence-electron chi connectivity index (χ2n) is 7.09. The van der Waals surface area contributed by atoms with Crippen molar-refractivity contribution < 1.29 is 18.3 Å². The highest BCUT2D eigenvalue weighted by atomic mass is 127. The van der Waals surface area contributed by atoms with Gasteiger partial charge in [-0.3, -0.25) is 0 Å². The standard InChI is InChI=1S/C21H29FN4O3.HI/c1-4-23-20(25-16-8-10-26(11-9-16)21(27)28-5-2)24-13-19-14(3)17-12-15(22)6-7-18(17)29-19;/h6-7,12,16H,4-5,8-11,13H2,1-3H3,(H2,23,24,25);1H. The molecule has 9 heteroatoms. The number of ether oxygens (including phenoxy) is 1. The Morgan fingerprint density at radius 2 is 2.07 bits per heavy atom. The number of hydrogen-bond donors (Lipinski definition) is 2. The molecule has 1 amide bonds. The minimum atomic E-state index is -0.277. The van der Waals surface area contributed by atoms with Gasteiger partial charge < -0.3 is 24.7 Å². The van der Waals surface area contributed by atoms with Gasteiger partial charge in [-0.15, -0.1) is 24.0 Å². The summed E-state index contributed by atoms with van der Waals surface area (Å²) >= 11 is 0. The van der Waals surface area contributed by atoms with Gasteiger partial charge in [-0.1, -0.05) is 0 Å². The lowest BCUT2D eigenvalue weighted by molar-refractivity contribution is 0.0963. The number of guanidine groups is 1. The molecule has 0 radical (unpaired) electrons. The molecule has 0 spiro atoms. The number of aliphatic imine (C=N–C) groups is 1. The van der Waals surface area contributed by atoms with Crippen LogP contribution in [0, 0.1) is 12.7 Å². The van der Waals surface area contributed by atoms with Gasteiger partial charge in [-0.2, -0.15) is 0 Å². The predicted octanol–water partition coefficient (Wildman–Crippen LogP) is 4.17. The van der Waals surface area contributed by atoms with Gasteiger partial charge in [0.05, 0.1) is 6.61 Å². The van der Waals surface area contributed by atoms with Crippen LogP contribution in [0.15, 0.2) is 27.6 Å². The number of likely N-dealkylation sites (tertiary alicyclic amines) is 1. The van der Waals surface area contributed by atoms with Crippen molar-refractivity contribution in [3.05, 3.63) is 35.3 Å². The van der Waals surface area contributed by atoms with Crippen LogP contribution in [-0.4, -0.2) is 49.2 Å². The molecular weight excluding hydrogens is 502 g/mol. The summed E-state index contributed by atoms with van der Waals surface area (Å²) in [6, 6.07) is 4.75. The monoisotopic (exact) mass is 532 g/mol. The first-order chi connectivity index (χ1) is 14.0. The Bertz CT molecular complexity index is 879. The molecule has 0 bridgehead atoms. The molecule has 1 saturated heterocycles. The van der Waals surface area contributed by atoms with Crippen LogP contribution >= 0.6 is 24.0 Å². The largest absolute Gasteiger partial charge is 0.459 e. The highest BCUT2D eigenvalue weighted by molar-refractivity contribution is 14.0. The molecule has 1 aliphatic heterocycles. The molecule has 1 fully saturated rings. The van der Waals surface area contributed by atoms with Crippen molar-refractivity contribution in [2.45, 2.75) is 46.2 Å². The van der Waals surface area contributed by atoms with Crippen LogP contribution in [0.3, 0.4) is 0 Å². The summed E-state index contributed by atoms with van der Waals surface area (Å²) in [6.45, 7) is 8.54. The quantitative estimate of drug-likeness (QED) is 0.344. The molecule has 166 valence electrons. The van der Waals surface area contributed by atoms with E-state index in [0.717, 1.165) is 36.1 Å². The van der Waals surface area contributed by atoms with E-state index in [-0.39, 0.29) is 41.9 Å². The summed E-state index contributed by atoms with van der Waals surface area (Å²) in [4.78, 5) is 18.2. The number of fused-ring (bicyclic) bond motifs is 1. The van der Waals surface area contributed by atoms with E-state index in [4.69, 9.17) is 9.15 Å². The molecule has 0 aliphatic carbocycles. The summed E-state index contributed by atoms with van der Waals surface area (Å²) in [6.07, 6.45) is 1.40. The highest BCUT2D eigenvalue weighted by Crippen LogP contribution is 2.26. The maximum absolute atomic E-state index is 13.5. The SMILES string of the molecule is CCNC(=NCc1oc2ccc(F)cc2c1C)NC1CCN(C(=O)OCC)CC1.I. The Morgan fingerprint density at radius 1 is 1.33 bits per heavy atom. The molecule has 2 aromatic rings. The van der Waals surface area contributed by atoms with Crippen molar-refractivity contribution >= 4 is 47.0 Å². The first-order valence-corrected chi connectivity index (χ1v) is 10.2. The molecule has 2 heterocycles. The van der Waals surface area contributed by atoms with E-state index in [1.165, 1.54) is 12.1 Å². The Balaban J connectivity index is 0.00000320.